The Labute approximate surface area is 139 Å². The molecule has 0 saturated heterocycles. The summed E-state index contributed by atoms with van der Waals surface area (Å²) in [6, 6.07) is 0. The summed E-state index contributed by atoms with van der Waals surface area (Å²) in [5.41, 5.74) is -0.837. The number of hydrogen-bond acceptors (Lipinski definition) is 4. The second-order valence-electron chi connectivity index (χ2n) is 8.40. The highest BCUT2D eigenvalue weighted by atomic mass is 16.6. The molecule has 1 aliphatic rings. The summed E-state index contributed by atoms with van der Waals surface area (Å²) in [5.74, 6) is 2.50. The number of amides is 1. The van der Waals surface area contributed by atoms with Crippen LogP contribution < -0.4 is 0 Å². The predicted molar refractivity (Wildman–Crippen MR) is 89.3 cm³/mol. The van der Waals surface area contributed by atoms with Gasteiger partial charge in [0.05, 0.1) is 0 Å². The van der Waals surface area contributed by atoms with Gasteiger partial charge in [-0.2, -0.15) is 0 Å². The van der Waals surface area contributed by atoms with Crippen LogP contribution in [-0.4, -0.2) is 43.4 Å². The molecule has 1 aromatic heterocycles. The fraction of sp³-hybridized carbons (Fsp3) is 0.824. The van der Waals surface area contributed by atoms with Crippen LogP contribution in [0.4, 0.5) is 4.79 Å². The van der Waals surface area contributed by atoms with Crippen molar-refractivity contribution < 1.29 is 9.53 Å². The molecule has 0 N–H and O–H groups in total. The van der Waals surface area contributed by atoms with E-state index in [4.69, 9.17) is 4.74 Å². The van der Waals surface area contributed by atoms with Crippen LogP contribution in [-0.2, 0) is 24.1 Å². The molecule has 1 amide bonds. The van der Waals surface area contributed by atoms with Gasteiger partial charge >= 0.3 is 6.09 Å². The molecule has 0 atom stereocenters. The SMILES string of the molecule is CC(C)Cc1nnc2n1CCN(C(=O)OC(C)(C)C)C(C)(C)C2. The van der Waals surface area contributed by atoms with E-state index in [1.807, 2.05) is 25.7 Å². The molecule has 1 aromatic rings. The van der Waals surface area contributed by atoms with E-state index in [1.54, 1.807) is 0 Å². The van der Waals surface area contributed by atoms with Gasteiger partial charge in [-0.05, 0) is 40.5 Å². The molecule has 0 aliphatic carbocycles. The molecular weight excluding hydrogens is 292 g/mol. The fourth-order valence-electron chi connectivity index (χ4n) is 2.92. The molecule has 0 bridgehead atoms. The van der Waals surface area contributed by atoms with Gasteiger partial charge in [-0.25, -0.2) is 4.79 Å². The molecule has 0 fully saturated rings. The lowest BCUT2D eigenvalue weighted by Crippen LogP contribution is -2.50. The van der Waals surface area contributed by atoms with Crippen LogP contribution in [0.1, 0.15) is 60.1 Å². The predicted octanol–water partition coefficient (Wildman–Crippen LogP) is 3.05. The second-order valence-corrected chi connectivity index (χ2v) is 8.40. The largest absolute Gasteiger partial charge is 0.444 e. The number of nitrogens with zero attached hydrogens (tertiary/aromatic N) is 4. The highest BCUT2D eigenvalue weighted by Crippen LogP contribution is 2.26. The maximum absolute atomic E-state index is 12.6. The third-order valence-corrected chi connectivity index (χ3v) is 3.98. The number of fused-ring (bicyclic) bond motifs is 1. The first-order chi connectivity index (χ1) is 10.5. The van der Waals surface area contributed by atoms with Crippen molar-refractivity contribution in [3.63, 3.8) is 0 Å². The Morgan fingerprint density at radius 3 is 2.48 bits per heavy atom. The lowest BCUT2D eigenvalue weighted by atomic mass is 9.98. The third kappa shape index (κ3) is 4.24. The normalized spacial score (nSPS) is 17.8. The highest BCUT2D eigenvalue weighted by molar-refractivity contribution is 5.69. The summed E-state index contributed by atoms with van der Waals surface area (Å²) in [5, 5.41) is 8.72. The Morgan fingerprint density at radius 1 is 1.26 bits per heavy atom. The average molecular weight is 322 g/mol. The van der Waals surface area contributed by atoms with Crippen molar-refractivity contribution in [2.45, 2.75) is 79.0 Å². The summed E-state index contributed by atoms with van der Waals surface area (Å²) in [7, 11) is 0. The number of rotatable bonds is 2. The van der Waals surface area contributed by atoms with E-state index < -0.39 is 5.60 Å². The minimum atomic E-state index is -0.489. The van der Waals surface area contributed by atoms with Crippen LogP contribution >= 0.6 is 0 Å². The van der Waals surface area contributed by atoms with Crippen molar-refractivity contribution in [2.24, 2.45) is 5.92 Å². The molecule has 1 aliphatic heterocycles. The zero-order chi connectivity index (χ0) is 17.4. The van der Waals surface area contributed by atoms with E-state index in [0.29, 0.717) is 25.4 Å². The third-order valence-electron chi connectivity index (χ3n) is 3.98. The molecule has 0 aromatic carbocycles. The van der Waals surface area contributed by atoms with E-state index in [0.717, 1.165) is 18.1 Å². The molecule has 130 valence electrons. The molecular formula is C17H30N4O2. The van der Waals surface area contributed by atoms with Crippen molar-refractivity contribution in [3.8, 4) is 0 Å². The number of hydrogen-bond donors (Lipinski definition) is 0. The molecule has 2 heterocycles. The van der Waals surface area contributed by atoms with Gasteiger partial charge in [0.15, 0.2) is 0 Å². The van der Waals surface area contributed by atoms with Gasteiger partial charge in [-0.3, -0.25) is 0 Å². The first-order valence-electron chi connectivity index (χ1n) is 8.41. The molecule has 6 nitrogen and oxygen atoms in total. The fourth-order valence-corrected chi connectivity index (χ4v) is 2.92. The van der Waals surface area contributed by atoms with Crippen molar-refractivity contribution >= 4 is 6.09 Å². The summed E-state index contributed by atoms with van der Waals surface area (Å²) < 4.78 is 7.75. The first kappa shape index (κ1) is 17.8. The first-order valence-corrected chi connectivity index (χ1v) is 8.41. The van der Waals surface area contributed by atoms with Crippen LogP contribution in [0.15, 0.2) is 0 Å². The Morgan fingerprint density at radius 2 is 1.91 bits per heavy atom. The maximum Gasteiger partial charge on any atom is 0.410 e. The average Bonchev–Trinajstić information content (AvgIpc) is 2.62. The molecule has 0 radical (unpaired) electrons. The lowest BCUT2D eigenvalue weighted by molar-refractivity contribution is 0.00405. The van der Waals surface area contributed by atoms with Crippen molar-refractivity contribution in [3.05, 3.63) is 11.6 Å². The van der Waals surface area contributed by atoms with Crippen LogP contribution in [0.5, 0.6) is 0 Å². The Bertz CT molecular complexity index is 570. The van der Waals surface area contributed by atoms with Crippen LogP contribution in [0.2, 0.25) is 0 Å². The topological polar surface area (TPSA) is 60.2 Å². The molecule has 6 heteroatoms. The van der Waals surface area contributed by atoms with Gasteiger partial charge in [0.25, 0.3) is 0 Å². The van der Waals surface area contributed by atoms with Gasteiger partial charge in [0.1, 0.15) is 17.2 Å². The van der Waals surface area contributed by atoms with E-state index in [1.165, 1.54) is 0 Å². The summed E-state index contributed by atoms with van der Waals surface area (Å²) in [6.45, 7) is 15.5. The Kier molecular flexibility index (Phi) is 4.74. The van der Waals surface area contributed by atoms with E-state index in [9.17, 15) is 4.79 Å². The summed E-state index contributed by atoms with van der Waals surface area (Å²) >= 11 is 0. The van der Waals surface area contributed by atoms with Gasteiger partial charge in [0.2, 0.25) is 0 Å². The van der Waals surface area contributed by atoms with Gasteiger partial charge in [0, 0.05) is 31.5 Å². The monoisotopic (exact) mass is 322 g/mol. The van der Waals surface area contributed by atoms with Crippen LogP contribution in [0, 0.1) is 5.92 Å². The van der Waals surface area contributed by atoms with Gasteiger partial charge in [-0.15, -0.1) is 10.2 Å². The van der Waals surface area contributed by atoms with E-state index in [-0.39, 0.29) is 11.6 Å². The second kappa shape index (κ2) is 6.13. The molecule has 0 spiro atoms. The summed E-state index contributed by atoms with van der Waals surface area (Å²) in [4.78, 5) is 14.4. The number of carbonyl (C=O) groups excluding carboxylic acids is 1. The molecule has 0 unspecified atom stereocenters. The maximum atomic E-state index is 12.6. The van der Waals surface area contributed by atoms with Crippen molar-refractivity contribution in [1.82, 2.24) is 19.7 Å². The van der Waals surface area contributed by atoms with Crippen LogP contribution in [0.3, 0.4) is 0 Å². The van der Waals surface area contributed by atoms with Gasteiger partial charge in [-0.1, -0.05) is 13.8 Å². The number of ether oxygens (including phenoxy) is 1. The highest BCUT2D eigenvalue weighted by Gasteiger charge is 2.38. The number of aromatic nitrogens is 3. The van der Waals surface area contributed by atoms with E-state index >= 15 is 0 Å². The standard InChI is InChI=1S/C17H30N4O2/c1-12(2)10-13-18-19-14-11-17(6,7)21(9-8-20(13)14)15(22)23-16(3,4)5/h12H,8-11H2,1-7H3. The lowest BCUT2D eigenvalue weighted by Gasteiger charge is -2.37. The van der Waals surface area contributed by atoms with Crippen molar-refractivity contribution in [1.29, 1.82) is 0 Å². The molecule has 0 saturated carbocycles. The minimum Gasteiger partial charge on any atom is -0.444 e. The van der Waals surface area contributed by atoms with Crippen molar-refractivity contribution in [2.75, 3.05) is 6.54 Å². The van der Waals surface area contributed by atoms with Gasteiger partial charge < -0.3 is 14.2 Å². The smallest absolute Gasteiger partial charge is 0.410 e. The quantitative estimate of drug-likeness (QED) is 0.839. The molecule has 2 rings (SSSR count). The molecule has 23 heavy (non-hydrogen) atoms. The minimum absolute atomic E-state index is 0.258. The Balaban J connectivity index is 2.23. The zero-order valence-electron chi connectivity index (χ0n) is 15.5. The Hall–Kier alpha value is -1.59. The van der Waals surface area contributed by atoms with Crippen LogP contribution in [0.25, 0.3) is 0 Å². The van der Waals surface area contributed by atoms with E-state index in [2.05, 4.69) is 42.5 Å². The summed E-state index contributed by atoms with van der Waals surface area (Å²) in [6.07, 6.45) is 1.32. The zero-order valence-corrected chi connectivity index (χ0v) is 15.5. The number of carbonyl (C=O) groups is 1.